The molecule has 10 heteroatoms. The van der Waals surface area contributed by atoms with Gasteiger partial charge in [-0.1, -0.05) is 30.3 Å². The van der Waals surface area contributed by atoms with Crippen LogP contribution >= 0.6 is 7.94 Å². The minimum Gasteiger partial charge on any atom is -0.858 e. The number of fused-ring (bicyclic) bond motifs is 2. The molecule has 2 aliphatic heterocycles. The first-order valence-electron chi connectivity index (χ1n) is 9.32. The Bertz CT molecular complexity index is 1060. The molecule has 0 bridgehead atoms. The van der Waals surface area contributed by atoms with Crippen molar-refractivity contribution in [3.05, 3.63) is 71.7 Å². The van der Waals surface area contributed by atoms with Crippen molar-refractivity contribution >= 4 is 25.4 Å². The van der Waals surface area contributed by atoms with E-state index in [9.17, 15) is 14.7 Å². The summed E-state index contributed by atoms with van der Waals surface area (Å²) in [5, 5.41) is 11.5. The zero-order valence-corrected chi connectivity index (χ0v) is 18.3. The average molecular weight is 444 g/mol. The monoisotopic (exact) mass is 444 g/mol. The second-order valence-corrected chi connectivity index (χ2v) is 9.50. The SMILES string of the molecule is CO[P+](OC)(OC)C12Oc3ccccc3C(=O)N(C)C1=C([O-])N(c1ccccc1)C2=O. The number of amides is 2. The van der Waals surface area contributed by atoms with E-state index >= 15 is 0 Å². The fraction of sp³-hybridized carbons (Fsp3) is 0.238. The van der Waals surface area contributed by atoms with E-state index in [1.165, 1.54) is 28.4 Å². The van der Waals surface area contributed by atoms with Crippen molar-refractivity contribution in [1.29, 1.82) is 0 Å². The Morgan fingerprint density at radius 3 is 2.13 bits per heavy atom. The molecule has 31 heavy (non-hydrogen) atoms. The third kappa shape index (κ3) is 2.71. The number of para-hydroxylation sites is 2. The van der Waals surface area contributed by atoms with Crippen LogP contribution in [-0.2, 0) is 18.4 Å². The lowest BCUT2D eigenvalue weighted by Crippen LogP contribution is -2.52. The van der Waals surface area contributed by atoms with E-state index in [0.717, 1.165) is 9.80 Å². The van der Waals surface area contributed by atoms with Crippen molar-refractivity contribution in [2.24, 2.45) is 0 Å². The van der Waals surface area contributed by atoms with Crippen molar-refractivity contribution in [3.63, 3.8) is 0 Å². The van der Waals surface area contributed by atoms with Crippen LogP contribution in [0.5, 0.6) is 5.75 Å². The van der Waals surface area contributed by atoms with Crippen LogP contribution in [0.15, 0.2) is 66.2 Å². The van der Waals surface area contributed by atoms with Crippen LogP contribution in [0.1, 0.15) is 10.4 Å². The summed E-state index contributed by atoms with van der Waals surface area (Å²) >= 11 is 0. The molecule has 0 radical (unpaired) electrons. The van der Waals surface area contributed by atoms with Gasteiger partial charge in [-0.05, 0) is 24.3 Å². The number of carbonyl (C=O) groups excluding carboxylic acids is 2. The number of carbonyl (C=O) groups is 2. The van der Waals surface area contributed by atoms with Gasteiger partial charge in [-0.25, -0.2) is 0 Å². The second-order valence-electron chi connectivity index (χ2n) is 6.78. The summed E-state index contributed by atoms with van der Waals surface area (Å²) in [7, 11) is 1.62. The number of anilines is 1. The lowest BCUT2D eigenvalue weighted by Gasteiger charge is -2.35. The van der Waals surface area contributed by atoms with Crippen LogP contribution in [-0.4, -0.2) is 50.4 Å². The van der Waals surface area contributed by atoms with Crippen molar-refractivity contribution in [1.82, 2.24) is 4.90 Å². The number of nitrogens with zero attached hydrogens (tertiary/aromatic N) is 2. The standard InChI is InChI=1S/C21H21N2O7P/c1-22-17-19(25)23(14-10-6-5-7-11-14)20(26)21(17,31(27-2,28-3)29-4)30-16-13-9-8-12-15(16)18(22)24/h5-13H,1-4H3. The largest absolute Gasteiger partial charge is 0.858 e. The molecule has 9 nitrogen and oxygen atoms in total. The van der Waals surface area contributed by atoms with Gasteiger partial charge in [0, 0.05) is 18.6 Å². The van der Waals surface area contributed by atoms with Gasteiger partial charge in [0.1, 0.15) is 11.4 Å². The Morgan fingerprint density at radius 1 is 0.935 bits per heavy atom. The molecule has 162 valence electrons. The predicted octanol–water partition coefficient (Wildman–Crippen LogP) is 2.13. The highest BCUT2D eigenvalue weighted by Gasteiger charge is 2.80. The highest BCUT2D eigenvalue weighted by Crippen LogP contribution is 2.75. The van der Waals surface area contributed by atoms with Crippen LogP contribution in [0.4, 0.5) is 5.69 Å². The maximum Gasteiger partial charge on any atom is 0.475 e. The quantitative estimate of drug-likeness (QED) is 0.652. The summed E-state index contributed by atoms with van der Waals surface area (Å²) in [4.78, 5) is 29.3. The molecule has 1 atom stereocenters. The Labute approximate surface area is 180 Å². The fourth-order valence-electron chi connectivity index (χ4n) is 3.96. The number of likely N-dealkylation sites (N-methyl/N-ethyl adjacent to an activating group) is 1. The molecule has 0 saturated carbocycles. The first-order chi connectivity index (χ1) is 14.9. The van der Waals surface area contributed by atoms with E-state index in [-0.39, 0.29) is 17.0 Å². The van der Waals surface area contributed by atoms with Gasteiger partial charge in [0.2, 0.25) is 0 Å². The fourth-order valence-corrected chi connectivity index (χ4v) is 6.22. The third-order valence-electron chi connectivity index (χ3n) is 5.36. The number of rotatable bonds is 5. The summed E-state index contributed by atoms with van der Waals surface area (Å²) in [6, 6.07) is 14.8. The first kappa shape index (κ1) is 21.3. The van der Waals surface area contributed by atoms with Gasteiger partial charge in [0.05, 0.1) is 26.9 Å². The molecule has 0 aliphatic carbocycles. The molecule has 0 spiro atoms. The van der Waals surface area contributed by atoms with Crippen LogP contribution in [0.3, 0.4) is 0 Å². The van der Waals surface area contributed by atoms with Crippen LogP contribution < -0.4 is 14.7 Å². The van der Waals surface area contributed by atoms with Crippen LogP contribution in [0.25, 0.3) is 0 Å². The Balaban J connectivity index is 2.08. The van der Waals surface area contributed by atoms with Gasteiger partial charge in [-0.15, -0.1) is 0 Å². The van der Waals surface area contributed by atoms with E-state index < -0.39 is 31.0 Å². The molecule has 0 saturated heterocycles. The smallest absolute Gasteiger partial charge is 0.475 e. The number of ether oxygens (including phenoxy) is 1. The molecule has 2 aliphatic rings. The molecule has 4 rings (SSSR count). The summed E-state index contributed by atoms with van der Waals surface area (Å²) in [5.41, 5.74) is 0.276. The molecule has 2 aromatic carbocycles. The van der Waals surface area contributed by atoms with Gasteiger partial charge in [-0.2, -0.15) is 13.6 Å². The van der Waals surface area contributed by atoms with Crippen molar-refractivity contribution in [2.75, 3.05) is 33.3 Å². The molecule has 2 amide bonds. The molecule has 2 heterocycles. The summed E-state index contributed by atoms with van der Waals surface area (Å²) in [5.74, 6) is -1.89. The third-order valence-corrected chi connectivity index (χ3v) is 8.06. The lowest BCUT2D eigenvalue weighted by atomic mass is 10.2. The van der Waals surface area contributed by atoms with Gasteiger partial charge in [-0.3, -0.25) is 14.5 Å². The van der Waals surface area contributed by atoms with Crippen molar-refractivity contribution in [3.8, 4) is 5.75 Å². The first-order valence-corrected chi connectivity index (χ1v) is 10.9. The van der Waals surface area contributed by atoms with Gasteiger partial charge >= 0.3 is 19.2 Å². The van der Waals surface area contributed by atoms with Gasteiger partial charge < -0.3 is 14.7 Å². The maximum absolute atomic E-state index is 14.0. The minimum atomic E-state index is -3.70. The molecule has 2 aromatic rings. The van der Waals surface area contributed by atoms with Crippen molar-refractivity contribution in [2.45, 2.75) is 5.34 Å². The summed E-state index contributed by atoms with van der Waals surface area (Å²) in [6.07, 6.45) is 0. The van der Waals surface area contributed by atoms with E-state index in [1.54, 1.807) is 54.6 Å². The highest BCUT2D eigenvalue weighted by molar-refractivity contribution is 7.64. The molecule has 1 unspecified atom stereocenters. The van der Waals surface area contributed by atoms with Crippen LogP contribution in [0.2, 0.25) is 0 Å². The highest BCUT2D eigenvalue weighted by atomic mass is 31.2. The van der Waals surface area contributed by atoms with E-state index in [4.69, 9.17) is 18.3 Å². The topological polar surface area (TPSA) is 101 Å². The molecular weight excluding hydrogens is 423 g/mol. The Morgan fingerprint density at radius 2 is 1.52 bits per heavy atom. The number of hydrogen-bond acceptors (Lipinski definition) is 7. The van der Waals surface area contributed by atoms with Crippen molar-refractivity contribution < 1.29 is 33.0 Å². The summed E-state index contributed by atoms with van der Waals surface area (Å²) in [6.45, 7) is 0. The molecule has 0 fully saturated rings. The van der Waals surface area contributed by atoms with Crippen LogP contribution in [0, 0.1) is 0 Å². The number of benzene rings is 2. The maximum atomic E-state index is 14.0. The van der Waals surface area contributed by atoms with Gasteiger partial charge in [0.25, 0.3) is 5.91 Å². The normalized spacial score (nSPS) is 21.0. The molecular formula is C21H21N2O7P. The van der Waals surface area contributed by atoms with E-state index in [2.05, 4.69) is 0 Å². The van der Waals surface area contributed by atoms with Gasteiger partial charge in [0.15, 0.2) is 0 Å². The number of hydrogen-bond donors (Lipinski definition) is 0. The molecule has 0 aromatic heterocycles. The zero-order chi connectivity index (χ0) is 22.4. The Hall–Kier alpha value is -2.97. The second kappa shape index (κ2) is 7.62. The Kier molecular flexibility index (Phi) is 5.23. The predicted molar refractivity (Wildman–Crippen MR) is 111 cm³/mol. The zero-order valence-electron chi connectivity index (χ0n) is 17.4. The summed E-state index contributed by atoms with van der Waals surface area (Å²) < 4.78 is 23.1. The minimum absolute atomic E-state index is 0.112. The average Bonchev–Trinajstić information content (AvgIpc) is 2.95. The van der Waals surface area contributed by atoms with E-state index in [0.29, 0.717) is 5.69 Å². The lowest BCUT2D eigenvalue weighted by molar-refractivity contribution is -0.306. The molecule has 0 N–H and O–H groups in total. The van der Waals surface area contributed by atoms with E-state index in [1.807, 2.05) is 0 Å².